The van der Waals surface area contributed by atoms with E-state index in [9.17, 15) is 19.5 Å². The maximum Gasteiger partial charge on any atom is 0.220 e. The quantitative estimate of drug-likeness (QED) is 0.234. The minimum Gasteiger partial charge on any atom is -0.391 e. The second-order valence-electron chi connectivity index (χ2n) is 12.2. The molecule has 6 nitrogen and oxygen atoms in total. The lowest BCUT2D eigenvalue weighted by Crippen LogP contribution is -2.45. The van der Waals surface area contributed by atoms with Gasteiger partial charge in [-0.25, -0.2) is 0 Å². The fourth-order valence-corrected chi connectivity index (χ4v) is 6.62. The number of ketones is 2. The van der Waals surface area contributed by atoms with Crippen LogP contribution in [0.1, 0.15) is 115 Å². The summed E-state index contributed by atoms with van der Waals surface area (Å²) in [5, 5.41) is 23.4. The molecule has 0 heterocycles. The predicted molar refractivity (Wildman–Crippen MR) is 154 cm³/mol. The van der Waals surface area contributed by atoms with Crippen molar-refractivity contribution in [3.8, 4) is 0 Å². The lowest BCUT2D eigenvalue weighted by molar-refractivity contribution is -0.127. The van der Waals surface area contributed by atoms with Crippen LogP contribution in [-0.2, 0) is 20.8 Å². The Morgan fingerprint density at radius 1 is 0.897 bits per heavy atom. The standard InChI is InChI=1S/C33H51NO5/c35-24-29(36)19-20-33(39)34-30(21-26-13-6-2-7-14-26)32(38)23-27(16-10-15-25-11-4-1-5-12-25)22-31(37)28-17-8-3-9-18-28/h2,6-7,13-14,25,27-28,30,32,35,38H,1,3-5,8-12,15-24H2,(H,34,39)/t27-,30+,32+/m1/s1. The van der Waals surface area contributed by atoms with Crippen LogP contribution in [0.25, 0.3) is 0 Å². The average Bonchev–Trinajstić information content (AvgIpc) is 2.97. The monoisotopic (exact) mass is 541 g/mol. The van der Waals surface area contributed by atoms with E-state index in [4.69, 9.17) is 5.11 Å². The smallest absolute Gasteiger partial charge is 0.220 e. The molecule has 2 aliphatic carbocycles. The Morgan fingerprint density at radius 3 is 2.23 bits per heavy atom. The van der Waals surface area contributed by atoms with Crippen LogP contribution in [0.4, 0.5) is 0 Å². The molecule has 0 saturated heterocycles. The molecule has 0 radical (unpaired) electrons. The number of hydrogen-bond acceptors (Lipinski definition) is 5. The summed E-state index contributed by atoms with van der Waals surface area (Å²) in [7, 11) is 0. The van der Waals surface area contributed by atoms with E-state index in [2.05, 4.69) is 5.32 Å². The van der Waals surface area contributed by atoms with Crippen LogP contribution < -0.4 is 5.32 Å². The molecule has 39 heavy (non-hydrogen) atoms. The molecule has 1 aromatic carbocycles. The number of benzene rings is 1. The van der Waals surface area contributed by atoms with Crippen LogP contribution >= 0.6 is 0 Å². The predicted octanol–water partition coefficient (Wildman–Crippen LogP) is 5.71. The summed E-state index contributed by atoms with van der Waals surface area (Å²) in [6.07, 6.45) is 16.0. The van der Waals surface area contributed by atoms with Gasteiger partial charge in [0.2, 0.25) is 5.91 Å². The third-order valence-electron chi connectivity index (χ3n) is 8.99. The highest BCUT2D eigenvalue weighted by Gasteiger charge is 2.29. The molecule has 0 unspecified atom stereocenters. The summed E-state index contributed by atoms with van der Waals surface area (Å²) in [5.74, 6) is 0.749. The Kier molecular flexibility index (Phi) is 14.2. The van der Waals surface area contributed by atoms with Gasteiger partial charge in [0.25, 0.3) is 0 Å². The fraction of sp³-hybridized carbons (Fsp3) is 0.727. The minimum atomic E-state index is -0.790. The maximum atomic E-state index is 13.3. The number of aliphatic hydroxyl groups excluding tert-OH is 2. The van der Waals surface area contributed by atoms with Gasteiger partial charge < -0.3 is 15.5 Å². The number of carbonyl (C=O) groups excluding carboxylic acids is 3. The number of aliphatic hydroxyl groups is 2. The molecule has 0 aliphatic heterocycles. The summed E-state index contributed by atoms with van der Waals surface area (Å²) in [4.78, 5) is 37.5. The molecule has 3 rings (SSSR count). The number of carbonyl (C=O) groups is 3. The largest absolute Gasteiger partial charge is 0.391 e. The van der Waals surface area contributed by atoms with Crippen molar-refractivity contribution in [2.75, 3.05) is 6.61 Å². The topological polar surface area (TPSA) is 104 Å². The lowest BCUT2D eigenvalue weighted by atomic mass is 9.79. The third kappa shape index (κ3) is 11.9. The summed E-state index contributed by atoms with van der Waals surface area (Å²) in [6.45, 7) is -0.569. The minimum absolute atomic E-state index is 0.0115. The van der Waals surface area contributed by atoms with Gasteiger partial charge in [0.1, 0.15) is 12.4 Å². The lowest BCUT2D eigenvalue weighted by Gasteiger charge is -2.29. The van der Waals surface area contributed by atoms with Gasteiger partial charge >= 0.3 is 0 Å². The molecule has 6 heteroatoms. The van der Waals surface area contributed by atoms with E-state index in [1.165, 1.54) is 44.9 Å². The number of hydrogen-bond donors (Lipinski definition) is 3. The van der Waals surface area contributed by atoms with Gasteiger partial charge in [0, 0.05) is 25.2 Å². The maximum absolute atomic E-state index is 13.3. The zero-order valence-electron chi connectivity index (χ0n) is 23.8. The van der Waals surface area contributed by atoms with Gasteiger partial charge in [-0.2, -0.15) is 0 Å². The van der Waals surface area contributed by atoms with Crippen LogP contribution in [0.3, 0.4) is 0 Å². The van der Waals surface area contributed by atoms with E-state index < -0.39 is 18.8 Å². The molecule has 2 saturated carbocycles. The van der Waals surface area contributed by atoms with Gasteiger partial charge in [-0.3, -0.25) is 14.4 Å². The van der Waals surface area contributed by atoms with Crippen molar-refractivity contribution in [3.05, 3.63) is 35.9 Å². The highest BCUT2D eigenvalue weighted by Crippen LogP contribution is 2.32. The highest BCUT2D eigenvalue weighted by atomic mass is 16.3. The first-order valence-corrected chi connectivity index (χ1v) is 15.6. The third-order valence-corrected chi connectivity index (χ3v) is 8.99. The Bertz CT molecular complexity index is 860. The van der Waals surface area contributed by atoms with Crippen LogP contribution in [0, 0.1) is 17.8 Å². The summed E-state index contributed by atoms with van der Waals surface area (Å²) in [5.41, 5.74) is 1.01. The van der Waals surface area contributed by atoms with Crippen molar-refractivity contribution in [1.29, 1.82) is 0 Å². The normalized spacial score (nSPS) is 19.2. The fourth-order valence-electron chi connectivity index (χ4n) is 6.62. The molecule has 3 N–H and O–H groups in total. The Hall–Kier alpha value is -2.05. The second kappa shape index (κ2) is 17.6. The molecular formula is C33H51NO5. The summed E-state index contributed by atoms with van der Waals surface area (Å²) < 4.78 is 0. The van der Waals surface area contributed by atoms with Crippen LogP contribution in [-0.4, -0.2) is 46.4 Å². The average molecular weight is 542 g/mol. The van der Waals surface area contributed by atoms with Crippen molar-refractivity contribution < 1.29 is 24.6 Å². The highest BCUT2D eigenvalue weighted by molar-refractivity contribution is 5.85. The number of nitrogens with one attached hydrogen (secondary N) is 1. The first-order valence-electron chi connectivity index (χ1n) is 15.6. The van der Waals surface area contributed by atoms with Gasteiger partial charge in [-0.15, -0.1) is 0 Å². The zero-order valence-corrected chi connectivity index (χ0v) is 23.8. The van der Waals surface area contributed by atoms with E-state index in [0.717, 1.165) is 50.0 Å². The Balaban J connectivity index is 1.64. The van der Waals surface area contributed by atoms with Crippen LogP contribution in [0.5, 0.6) is 0 Å². The molecule has 0 aromatic heterocycles. The molecule has 2 aliphatic rings. The summed E-state index contributed by atoms with van der Waals surface area (Å²) in [6, 6.07) is 9.28. The molecule has 218 valence electrons. The van der Waals surface area contributed by atoms with Crippen LogP contribution in [0.15, 0.2) is 30.3 Å². The Labute approximate surface area is 235 Å². The van der Waals surface area contributed by atoms with E-state index >= 15 is 0 Å². The molecule has 3 atom stereocenters. The summed E-state index contributed by atoms with van der Waals surface area (Å²) >= 11 is 0. The van der Waals surface area contributed by atoms with E-state index in [0.29, 0.717) is 25.0 Å². The molecule has 1 aromatic rings. The van der Waals surface area contributed by atoms with E-state index in [1.54, 1.807) is 0 Å². The number of amides is 1. The van der Waals surface area contributed by atoms with Crippen molar-refractivity contribution in [3.63, 3.8) is 0 Å². The Morgan fingerprint density at radius 2 is 1.56 bits per heavy atom. The molecule has 0 spiro atoms. The second-order valence-corrected chi connectivity index (χ2v) is 12.2. The van der Waals surface area contributed by atoms with Gasteiger partial charge in [0.15, 0.2) is 5.78 Å². The van der Waals surface area contributed by atoms with E-state index in [-0.39, 0.29) is 36.4 Å². The molecular weight excluding hydrogens is 490 g/mol. The first kappa shape index (κ1) is 31.5. The van der Waals surface area contributed by atoms with Crippen molar-refractivity contribution in [2.45, 2.75) is 128 Å². The SMILES string of the molecule is O=C(CO)CCC(=O)N[C@@H](Cc1ccccc1)[C@@H](O)C[C@H](CCCC1CCCCC1)CC(=O)C1CCCCC1. The van der Waals surface area contributed by atoms with Crippen molar-refractivity contribution in [1.82, 2.24) is 5.32 Å². The van der Waals surface area contributed by atoms with Crippen LogP contribution in [0.2, 0.25) is 0 Å². The number of rotatable bonds is 17. The van der Waals surface area contributed by atoms with Gasteiger partial charge in [-0.05, 0) is 49.5 Å². The van der Waals surface area contributed by atoms with Gasteiger partial charge in [0.05, 0.1) is 12.1 Å². The molecule has 0 bridgehead atoms. The zero-order chi connectivity index (χ0) is 27.9. The van der Waals surface area contributed by atoms with E-state index in [1.807, 2.05) is 30.3 Å². The molecule has 2 fully saturated rings. The van der Waals surface area contributed by atoms with Gasteiger partial charge in [-0.1, -0.05) is 94.5 Å². The van der Waals surface area contributed by atoms with Crippen molar-refractivity contribution in [2.24, 2.45) is 17.8 Å². The first-order chi connectivity index (χ1) is 18.9. The molecule has 1 amide bonds. The van der Waals surface area contributed by atoms with Crippen molar-refractivity contribution >= 4 is 17.5 Å². The number of Topliss-reactive ketones (excluding diaryl/α,β-unsaturated/α-hetero) is 2.